The van der Waals surface area contributed by atoms with Crippen LogP contribution in [0.1, 0.15) is 78.6 Å². The molecule has 0 radical (unpaired) electrons. The molecule has 0 aromatic carbocycles. The summed E-state index contributed by atoms with van der Waals surface area (Å²) >= 11 is 0. The van der Waals surface area contributed by atoms with Gasteiger partial charge >= 0.3 is 0 Å². The predicted octanol–water partition coefficient (Wildman–Crippen LogP) is 4.35. The number of ketones is 1. The van der Waals surface area contributed by atoms with Crippen molar-refractivity contribution in [3.63, 3.8) is 0 Å². The Kier molecular flexibility index (Phi) is 3.97. The van der Waals surface area contributed by atoms with Crippen LogP contribution in [-0.2, 0) is 4.79 Å². The lowest BCUT2D eigenvalue weighted by molar-refractivity contribution is -0.128. The first-order chi connectivity index (χ1) is 9.90. The molecular weight excluding hydrogens is 260 g/mol. The Morgan fingerprint density at radius 1 is 1.10 bits per heavy atom. The lowest BCUT2D eigenvalue weighted by Crippen LogP contribution is -2.46. The van der Waals surface area contributed by atoms with Crippen LogP contribution in [-0.4, -0.2) is 17.0 Å². The molecule has 3 fully saturated rings. The predicted molar refractivity (Wildman–Crippen MR) is 84.9 cm³/mol. The number of aliphatic hydroxyl groups is 1. The summed E-state index contributed by atoms with van der Waals surface area (Å²) in [6.45, 7) is 7.04. The third-order valence-electron chi connectivity index (χ3n) is 7.86. The van der Waals surface area contributed by atoms with Crippen molar-refractivity contribution in [3.8, 4) is 0 Å². The highest BCUT2D eigenvalue weighted by Gasteiger charge is 2.53. The largest absolute Gasteiger partial charge is 0.393 e. The van der Waals surface area contributed by atoms with Crippen LogP contribution < -0.4 is 0 Å². The zero-order valence-electron chi connectivity index (χ0n) is 14.0. The smallest absolute Gasteiger partial charge is 0.133 e. The van der Waals surface area contributed by atoms with Crippen molar-refractivity contribution in [2.75, 3.05) is 0 Å². The molecule has 2 heteroatoms. The van der Waals surface area contributed by atoms with Gasteiger partial charge in [0.2, 0.25) is 0 Å². The van der Waals surface area contributed by atoms with Gasteiger partial charge in [-0.2, -0.15) is 0 Å². The quantitative estimate of drug-likeness (QED) is 0.821. The Morgan fingerprint density at radius 2 is 1.81 bits per heavy atom. The summed E-state index contributed by atoms with van der Waals surface area (Å²) in [4.78, 5) is 11.8. The minimum Gasteiger partial charge on any atom is -0.393 e. The van der Waals surface area contributed by atoms with Crippen molar-refractivity contribution < 1.29 is 9.90 Å². The summed E-state index contributed by atoms with van der Waals surface area (Å²) in [5.74, 6) is 2.54. The van der Waals surface area contributed by atoms with E-state index in [1.807, 2.05) is 0 Å². The third kappa shape index (κ3) is 2.38. The maximum absolute atomic E-state index is 11.8. The number of carbonyl (C=O) groups is 1. The first kappa shape index (κ1) is 15.5. The number of rotatable bonds is 2. The van der Waals surface area contributed by atoms with Crippen LogP contribution in [0.5, 0.6) is 0 Å². The lowest BCUT2D eigenvalue weighted by atomic mass is 9.53. The molecular formula is C19H32O2. The number of Topliss-reactive ketones (excluding diaryl/α,β-unsaturated/α-hetero) is 1. The molecule has 120 valence electrons. The molecule has 3 aliphatic carbocycles. The fraction of sp³-hybridized carbons (Fsp3) is 0.947. The maximum atomic E-state index is 11.8. The molecule has 0 amide bonds. The van der Waals surface area contributed by atoms with Crippen molar-refractivity contribution in [1.82, 2.24) is 0 Å². The molecule has 0 aromatic heterocycles. The molecule has 0 heterocycles. The highest BCUT2D eigenvalue weighted by Crippen LogP contribution is 2.59. The molecule has 0 aliphatic heterocycles. The van der Waals surface area contributed by atoms with Gasteiger partial charge in [-0.3, -0.25) is 4.79 Å². The summed E-state index contributed by atoms with van der Waals surface area (Å²) in [5, 5.41) is 10.3. The van der Waals surface area contributed by atoms with Gasteiger partial charge in [0.15, 0.2) is 0 Å². The number of hydrogen-bond acceptors (Lipinski definition) is 2. The summed E-state index contributed by atoms with van der Waals surface area (Å²) in [6, 6.07) is 0. The van der Waals surface area contributed by atoms with Crippen molar-refractivity contribution in [1.29, 1.82) is 0 Å². The first-order valence-corrected chi connectivity index (χ1v) is 9.10. The minimum atomic E-state index is -0.0776. The molecule has 0 aromatic rings. The van der Waals surface area contributed by atoms with Gasteiger partial charge in [0.05, 0.1) is 6.10 Å². The van der Waals surface area contributed by atoms with Gasteiger partial charge in [-0.25, -0.2) is 0 Å². The van der Waals surface area contributed by atoms with Gasteiger partial charge in [-0.05, 0) is 67.1 Å². The summed E-state index contributed by atoms with van der Waals surface area (Å²) in [6.07, 6.45) is 9.71. The molecule has 3 saturated carbocycles. The van der Waals surface area contributed by atoms with Gasteiger partial charge in [0.1, 0.15) is 5.78 Å². The highest BCUT2D eigenvalue weighted by atomic mass is 16.3. The van der Waals surface area contributed by atoms with Crippen molar-refractivity contribution in [2.45, 2.75) is 84.7 Å². The first-order valence-electron chi connectivity index (χ1n) is 9.10. The van der Waals surface area contributed by atoms with Crippen LogP contribution in [0, 0.1) is 28.6 Å². The van der Waals surface area contributed by atoms with Crippen LogP contribution in [0.15, 0.2) is 0 Å². The molecule has 6 atom stereocenters. The minimum absolute atomic E-state index is 0.0776. The number of aliphatic hydroxyl groups excluding tert-OH is 1. The molecule has 6 unspecified atom stereocenters. The maximum Gasteiger partial charge on any atom is 0.133 e. The second kappa shape index (κ2) is 5.37. The normalized spacial score (nSPS) is 51.0. The van der Waals surface area contributed by atoms with Gasteiger partial charge in [0, 0.05) is 12.8 Å². The van der Waals surface area contributed by atoms with Crippen molar-refractivity contribution in [2.24, 2.45) is 28.6 Å². The zero-order valence-corrected chi connectivity index (χ0v) is 14.0. The summed E-state index contributed by atoms with van der Waals surface area (Å²) < 4.78 is 0. The molecule has 1 N–H and O–H groups in total. The van der Waals surface area contributed by atoms with Crippen LogP contribution >= 0.6 is 0 Å². The standard InChI is InChI=1S/C19H32O2/c1-4-13-12-16(20)8-10-18(13,2)15-7-9-19(3)14(11-15)5-6-17(19)21/h13-15,17,21H,4-12H2,1-3H3. The third-order valence-corrected chi connectivity index (χ3v) is 7.86. The van der Waals surface area contributed by atoms with Crippen LogP contribution in [0.3, 0.4) is 0 Å². The van der Waals surface area contributed by atoms with Gasteiger partial charge in [-0.1, -0.05) is 27.2 Å². The zero-order chi connectivity index (χ0) is 15.3. The van der Waals surface area contributed by atoms with E-state index in [1.54, 1.807) is 0 Å². The molecule has 3 rings (SSSR count). The van der Waals surface area contributed by atoms with Crippen LogP contribution in [0.2, 0.25) is 0 Å². The van der Waals surface area contributed by atoms with Gasteiger partial charge in [0.25, 0.3) is 0 Å². The molecule has 0 saturated heterocycles. The molecule has 2 nitrogen and oxygen atoms in total. The number of carbonyl (C=O) groups excluding carboxylic acids is 1. The van der Waals surface area contributed by atoms with E-state index in [4.69, 9.17) is 0 Å². The summed E-state index contributed by atoms with van der Waals surface area (Å²) in [5.41, 5.74) is 0.538. The Morgan fingerprint density at radius 3 is 2.52 bits per heavy atom. The van der Waals surface area contributed by atoms with Gasteiger partial charge in [-0.15, -0.1) is 0 Å². The molecule has 0 bridgehead atoms. The summed E-state index contributed by atoms with van der Waals surface area (Å²) in [7, 11) is 0. The number of hydrogen-bond donors (Lipinski definition) is 1. The van der Waals surface area contributed by atoms with E-state index in [0.717, 1.165) is 38.0 Å². The fourth-order valence-corrected chi connectivity index (χ4v) is 5.96. The van der Waals surface area contributed by atoms with Crippen LogP contribution in [0.4, 0.5) is 0 Å². The van der Waals surface area contributed by atoms with E-state index in [9.17, 15) is 9.90 Å². The monoisotopic (exact) mass is 292 g/mol. The molecule has 3 aliphatic rings. The second-order valence-corrected chi connectivity index (χ2v) is 8.62. The van der Waals surface area contributed by atoms with Crippen molar-refractivity contribution >= 4 is 5.78 Å². The van der Waals surface area contributed by atoms with E-state index in [1.165, 1.54) is 25.7 Å². The lowest BCUT2D eigenvalue weighted by Gasteiger charge is -2.52. The van der Waals surface area contributed by atoms with E-state index >= 15 is 0 Å². The Hall–Kier alpha value is -0.370. The van der Waals surface area contributed by atoms with Gasteiger partial charge < -0.3 is 5.11 Å². The molecule has 21 heavy (non-hydrogen) atoms. The SMILES string of the molecule is CCC1CC(=O)CCC1(C)C1CCC2(C)C(O)CCC2C1. The van der Waals surface area contributed by atoms with E-state index in [0.29, 0.717) is 23.0 Å². The number of fused-ring (bicyclic) bond motifs is 1. The van der Waals surface area contributed by atoms with Crippen molar-refractivity contribution in [3.05, 3.63) is 0 Å². The van der Waals surface area contributed by atoms with E-state index in [2.05, 4.69) is 20.8 Å². The molecule has 0 spiro atoms. The van der Waals surface area contributed by atoms with Crippen LogP contribution in [0.25, 0.3) is 0 Å². The second-order valence-electron chi connectivity index (χ2n) is 8.62. The van der Waals surface area contributed by atoms with E-state index in [-0.39, 0.29) is 11.5 Å². The Bertz CT molecular complexity index is 418. The Balaban J connectivity index is 1.77. The van der Waals surface area contributed by atoms with E-state index < -0.39 is 0 Å². The Labute approximate surface area is 129 Å². The highest BCUT2D eigenvalue weighted by molar-refractivity contribution is 5.79. The fourth-order valence-electron chi connectivity index (χ4n) is 5.96. The average molecular weight is 292 g/mol. The topological polar surface area (TPSA) is 37.3 Å². The average Bonchev–Trinajstić information content (AvgIpc) is 2.77.